The summed E-state index contributed by atoms with van der Waals surface area (Å²) in [5.41, 5.74) is 0.933. The smallest absolute Gasteiger partial charge is 0.239 e. The van der Waals surface area contributed by atoms with E-state index in [1.807, 2.05) is 0 Å². The van der Waals surface area contributed by atoms with E-state index < -0.39 is 0 Å². The van der Waals surface area contributed by atoms with Gasteiger partial charge in [-0.05, 0) is 19.1 Å². The molecule has 2 aromatic heterocycles. The number of rotatable bonds is 3. The maximum atomic E-state index is 10.9. The van der Waals surface area contributed by atoms with E-state index in [1.165, 1.54) is 19.3 Å². The van der Waals surface area contributed by atoms with Crippen LogP contribution in [0.1, 0.15) is 18.4 Å². The lowest BCUT2D eigenvalue weighted by Gasteiger charge is -2.05. The highest BCUT2D eigenvalue weighted by atomic mass is 16.5. The SMILES string of the molecule is CC(=O)Nc1ccc(C(=N)Oc2cnc(C)[nH]2)nc1. The van der Waals surface area contributed by atoms with Crippen molar-refractivity contribution >= 4 is 17.5 Å². The Morgan fingerprint density at radius 1 is 1.37 bits per heavy atom. The van der Waals surface area contributed by atoms with Gasteiger partial charge in [0.1, 0.15) is 11.5 Å². The molecule has 0 aromatic carbocycles. The molecular formula is C12H13N5O2. The maximum absolute atomic E-state index is 10.9. The minimum atomic E-state index is -0.172. The van der Waals surface area contributed by atoms with E-state index in [2.05, 4.69) is 20.3 Å². The fourth-order valence-electron chi connectivity index (χ4n) is 1.42. The molecule has 19 heavy (non-hydrogen) atoms. The van der Waals surface area contributed by atoms with Gasteiger partial charge < -0.3 is 15.0 Å². The molecule has 0 bridgehead atoms. The molecule has 1 amide bonds. The van der Waals surface area contributed by atoms with Gasteiger partial charge in [0.25, 0.3) is 0 Å². The molecule has 0 unspecified atom stereocenters. The van der Waals surface area contributed by atoms with Crippen LogP contribution in [-0.2, 0) is 4.79 Å². The Balaban J connectivity index is 2.05. The Labute approximate surface area is 109 Å². The van der Waals surface area contributed by atoms with Crippen LogP contribution in [0.3, 0.4) is 0 Å². The average molecular weight is 259 g/mol. The summed E-state index contributed by atoms with van der Waals surface area (Å²) >= 11 is 0. The van der Waals surface area contributed by atoms with E-state index in [1.54, 1.807) is 19.1 Å². The molecule has 2 heterocycles. The number of ether oxygens (including phenoxy) is 1. The summed E-state index contributed by atoms with van der Waals surface area (Å²) in [6, 6.07) is 3.25. The number of H-pyrrole nitrogens is 1. The minimum Gasteiger partial charge on any atom is -0.419 e. The van der Waals surface area contributed by atoms with E-state index >= 15 is 0 Å². The Bertz CT molecular complexity index is 603. The number of nitrogens with zero attached hydrogens (tertiary/aromatic N) is 2. The monoisotopic (exact) mass is 259 g/mol. The molecule has 0 saturated heterocycles. The van der Waals surface area contributed by atoms with Crippen LogP contribution in [0.5, 0.6) is 5.88 Å². The van der Waals surface area contributed by atoms with Crippen molar-refractivity contribution in [3.05, 3.63) is 36.0 Å². The molecule has 0 radical (unpaired) electrons. The first kappa shape index (κ1) is 12.7. The molecule has 3 N–H and O–H groups in total. The van der Waals surface area contributed by atoms with Crippen LogP contribution in [0.25, 0.3) is 0 Å². The number of anilines is 1. The number of imidazole rings is 1. The summed E-state index contributed by atoms with van der Waals surface area (Å²) in [6.45, 7) is 3.20. The van der Waals surface area contributed by atoms with Crippen LogP contribution in [0.2, 0.25) is 0 Å². The molecule has 0 aliphatic rings. The topological polar surface area (TPSA) is 104 Å². The third-order valence-corrected chi connectivity index (χ3v) is 2.21. The van der Waals surface area contributed by atoms with Crippen LogP contribution in [0.4, 0.5) is 5.69 Å². The summed E-state index contributed by atoms with van der Waals surface area (Å²) in [6.07, 6.45) is 2.96. The summed E-state index contributed by atoms with van der Waals surface area (Å²) in [7, 11) is 0. The lowest BCUT2D eigenvalue weighted by molar-refractivity contribution is -0.114. The number of aryl methyl sites for hydroxylation is 1. The Hall–Kier alpha value is -2.70. The lowest BCUT2D eigenvalue weighted by Crippen LogP contribution is -2.12. The first-order chi connectivity index (χ1) is 9.04. The second-order valence-corrected chi connectivity index (χ2v) is 3.88. The van der Waals surface area contributed by atoms with Crippen molar-refractivity contribution in [2.24, 2.45) is 0 Å². The van der Waals surface area contributed by atoms with Gasteiger partial charge in [-0.25, -0.2) is 9.97 Å². The molecule has 98 valence electrons. The van der Waals surface area contributed by atoms with Crippen molar-refractivity contribution in [3.8, 4) is 5.88 Å². The van der Waals surface area contributed by atoms with Gasteiger partial charge in [-0.15, -0.1) is 0 Å². The van der Waals surface area contributed by atoms with Crippen molar-refractivity contribution in [2.75, 3.05) is 5.32 Å². The third kappa shape index (κ3) is 3.38. The zero-order valence-corrected chi connectivity index (χ0v) is 10.5. The minimum absolute atomic E-state index is 0.0991. The lowest BCUT2D eigenvalue weighted by atomic mass is 10.3. The number of carbonyl (C=O) groups excluding carboxylic acids is 1. The molecule has 0 spiro atoms. The molecule has 2 aromatic rings. The van der Waals surface area contributed by atoms with Crippen LogP contribution < -0.4 is 10.1 Å². The van der Waals surface area contributed by atoms with Crippen molar-refractivity contribution in [1.82, 2.24) is 15.0 Å². The predicted octanol–water partition coefficient (Wildman–Crippen LogP) is 1.48. The molecule has 7 heteroatoms. The van der Waals surface area contributed by atoms with E-state index in [0.717, 1.165) is 0 Å². The second kappa shape index (κ2) is 5.30. The molecule has 7 nitrogen and oxygen atoms in total. The highest BCUT2D eigenvalue weighted by Crippen LogP contribution is 2.10. The highest BCUT2D eigenvalue weighted by molar-refractivity contribution is 5.92. The number of aromatic nitrogens is 3. The first-order valence-electron chi connectivity index (χ1n) is 5.56. The zero-order chi connectivity index (χ0) is 13.8. The number of carbonyl (C=O) groups is 1. The normalized spacial score (nSPS) is 10.0. The number of nitrogens with one attached hydrogen (secondary N) is 3. The molecular weight excluding hydrogens is 246 g/mol. The highest BCUT2D eigenvalue weighted by Gasteiger charge is 2.08. The number of pyridine rings is 1. The number of amides is 1. The number of hydrogen-bond donors (Lipinski definition) is 3. The summed E-state index contributed by atoms with van der Waals surface area (Å²) in [4.78, 5) is 21.7. The van der Waals surface area contributed by atoms with Gasteiger partial charge in [-0.1, -0.05) is 0 Å². The fraction of sp³-hybridized carbons (Fsp3) is 0.167. The summed E-state index contributed by atoms with van der Waals surface area (Å²) in [5.74, 6) is 0.818. The summed E-state index contributed by atoms with van der Waals surface area (Å²) < 4.78 is 5.26. The van der Waals surface area contributed by atoms with E-state index in [-0.39, 0.29) is 11.8 Å². The predicted molar refractivity (Wildman–Crippen MR) is 69.3 cm³/mol. The van der Waals surface area contributed by atoms with Crippen molar-refractivity contribution in [1.29, 1.82) is 5.41 Å². The van der Waals surface area contributed by atoms with Crippen molar-refractivity contribution in [2.45, 2.75) is 13.8 Å². The van der Waals surface area contributed by atoms with E-state index in [4.69, 9.17) is 10.1 Å². The Morgan fingerprint density at radius 3 is 2.68 bits per heavy atom. The van der Waals surface area contributed by atoms with Crippen LogP contribution >= 0.6 is 0 Å². The maximum Gasteiger partial charge on any atom is 0.239 e. The van der Waals surface area contributed by atoms with Crippen LogP contribution in [0.15, 0.2) is 24.5 Å². The van der Waals surface area contributed by atoms with Gasteiger partial charge >= 0.3 is 0 Å². The first-order valence-corrected chi connectivity index (χ1v) is 5.56. The van der Waals surface area contributed by atoms with Gasteiger partial charge in [0.2, 0.25) is 17.7 Å². The van der Waals surface area contributed by atoms with Gasteiger partial charge in [0.05, 0.1) is 18.1 Å². The standard InChI is InChI=1S/C12H13N5O2/c1-7-14-6-11(16-7)19-12(13)10-4-3-9(5-15-10)17-8(2)18/h3-6,13H,1-2H3,(H,14,16)(H,17,18). The van der Waals surface area contributed by atoms with Crippen molar-refractivity contribution in [3.63, 3.8) is 0 Å². The second-order valence-electron chi connectivity index (χ2n) is 3.88. The van der Waals surface area contributed by atoms with Crippen LogP contribution in [-0.4, -0.2) is 26.8 Å². The Kier molecular flexibility index (Phi) is 3.56. The van der Waals surface area contributed by atoms with Crippen LogP contribution in [0, 0.1) is 12.3 Å². The van der Waals surface area contributed by atoms with E-state index in [9.17, 15) is 4.79 Å². The quantitative estimate of drug-likeness (QED) is 0.573. The molecule has 0 fully saturated rings. The van der Waals surface area contributed by atoms with Gasteiger partial charge in [-0.3, -0.25) is 10.2 Å². The average Bonchev–Trinajstić information content (AvgIpc) is 2.75. The summed E-state index contributed by atoms with van der Waals surface area (Å²) in [5, 5.41) is 10.4. The number of aromatic amines is 1. The largest absolute Gasteiger partial charge is 0.419 e. The zero-order valence-electron chi connectivity index (χ0n) is 10.5. The molecule has 2 rings (SSSR count). The van der Waals surface area contributed by atoms with E-state index in [0.29, 0.717) is 23.1 Å². The molecule has 0 aliphatic carbocycles. The molecule has 0 atom stereocenters. The van der Waals surface area contributed by atoms with Crippen molar-refractivity contribution < 1.29 is 9.53 Å². The molecule has 0 saturated carbocycles. The molecule has 0 aliphatic heterocycles. The van der Waals surface area contributed by atoms with Gasteiger partial charge in [0, 0.05) is 6.92 Å². The van der Waals surface area contributed by atoms with Gasteiger partial charge in [-0.2, -0.15) is 0 Å². The fourth-order valence-corrected chi connectivity index (χ4v) is 1.42. The third-order valence-electron chi connectivity index (χ3n) is 2.21. The Morgan fingerprint density at radius 2 is 2.16 bits per heavy atom. The number of hydrogen-bond acceptors (Lipinski definition) is 5. The van der Waals surface area contributed by atoms with Gasteiger partial charge in [0.15, 0.2) is 0 Å².